The van der Waals surface area contributed by atoms with Crippen molar-refractivity contribution < 1.29 is 4.74 Å². The van der Waals surface area contributed by atoms with E-state index in [-0.39, 0.29) is 5.60 Å². The van der Waals surface area contributed by atoms with Gasteiger partial charge in [0, 0.05) is 7.11 Å². The molecule has 14 heavy (non-hydrogen) atoms. The third-order valence-electron chi connectivity index (χ3n) is 3.34. The molecule has 0 amide bonds. The third-order valence-corrected chi connectivity index (χ3v) is 3.34. The van der Waals surface area contributed by atoms with Crippen molar-refractivity contribution in [2.24, 2.45) is 17.8 Å². The van der Waals surface area contributed by atoms with Gasteiger partial charge in [-0.05, 0) is 44.4 Å². The SMILES string of the molecule is COC(C)(C)[C@@H](C)C[C@@H](C)CC(C)C. The van der Waals surface area contributed by atoms with E-state index in [0.717, 1.165) is 11.8 Å². The van der Waals surface area contributed by atoms with E-state index < -0.39 is 0 Å². The van der Waals surface area contributed by atoms with Crippen LogP contribution in [0.1, 0.15) is 54.4 Å². The minimum atomic E-state index is 0.0191. The zero-order valence-corrected chi connectivity index (χ0v) is 11.1. The van der Waals surface area contributed by atoms with Gasteiger partial charge in [-0.1, -0.05) is 27.7 Å². The van der Waals surface area contributed by atoms with Gasteiger partial charge >= 0.3 is 0 Å². The number of hydrogen-bond acceptors (Lipinski definition) is 1. The zero-order valence-electron chi connectivity index (χ0n) is 11.1. The number of ether oxygens (including phenoxy) is 1. The van der Waals surface area contributed by atoms with Crippen LogP contribution in [0.25, 0.3) is 0 Å². The lowest BCUT2D eigenvalue weighted by atomic mass is 9.82. The zero-order chi connectivity index (χ0) is 11.4. The molecule has 0 aliphatic carbocycles. The summed E-state index contributed by atoms with van der Waals surface area (Å²) < 4.78 is 5.51. The van der Waals surface area contributed by atoms with Crippen LogP contribution >= 0.6 is 0 Å². The summed E-state index contributed by atoms with van der Waals surface area (Å²) in [6.07, 6.45) is 2.59. The highest BCUT2D eigenvalue weighted by Crippen LogP contribution is 2.28. The van der Waals surface area contributed by atoms with E-state index in [9.17, 15) is 0 Å². The molecule has 0 fully saturated rings. The molecule has 1 nitrogen and oxygen atoms in total. The Morgan fingerprint density at radius 1 is 1.00 bits per heavy atom. The van der Waals surface area contributed by atoms with Crippen LogP contribution in [0.3, 0.4) is 0 Å². The fourth-order valence-corrected chi connectivity index (χ4v) is 1.99. The normalized spacial score (nSPS) is 17.1. The van der Waals surface area contributed by atoms with Gasteiger partial charge in [0.15, 0.2) is 0 Å². The fourth-order valence-electron chi connectivity index (χ4n) is 1.99. The molecule has 86 valence electrons. The second kappa shape index (κ2) is 5.75. The summed E-state index contributed by atoms with van der Waals surface area (Å²) in [4.78, 5) is 0. The number of hydrogen-bond donors (Lipinski definition) is 0. The van der Waals surface area contributed by atoms with Gasteiger partial charge in [0.05, 0.1) is 5.60 Å². The lowest BCUT2D eigenvalue weighted by Crippen LogP contribution is -2.32. The predicted octanol–water partition coefficient (Wildman–Crippen LogP) is 4.12. The second-order valence-corrected chi connectivity index (χ2v) is 5.68. The minimum Gasteiger partial charge on any atom is -0.379 e. The summed E-state index contributed by atoms with van der Waals surface area (Å²) in [5, 5.41) is 0. The Labute approximate surface area is 90.2 Å². The van der Waals surface area contributed by atoms with Crippen LogP contribution in [-0.4, -0.2) is 12.7 Å². The van der Waals surface area contributed by atoms with E-state index in [1.54, 1.807) is 0 Å². The van der Waals surface area contributed by atoms with Gasteiger partial charge in [0.1, 0.15) is 0 Å². The van der Waals surface area contributed by atoms with Crippen molar-refractivity contribution >= 4 is 0 Å². The molecule has 0 rings (SSSR count). The first-order chi connectivity index (χ1) is 6.29. The Hall–Kier alpha value is -0.0400. The summed E-state index contributed by atoms with van der Waals surface area (Å²) in [6, 6.07) is 0. The highest BCUT2D eigenvalue weighted by Gasteiger charge is 2.26. The minimum absolute atomic E-state index is 0.0191. The van der Waals surface area contributed by atoms with E-state index in [4.69, 9.17) is 4.74 Å². The summed E-state index contributed by atoms with van der Waals surface area (Å²) in [5.41, 5.74) is 0.0191. The lowest BCUT2D eigenvalue weighted by Gasteiger charge is -2.32. The van der Waals surface area contributed by atoms with Crippen LogP contribution in [-0.2, 0) is 4.74 Å². The van der Waals surface area contributed by atoms with Crippen molar-refractivity contribution in [1.82, 2.24) is 0 Å². The number of methoxy groups -OCH3 is 1. The highest BCUT2D eigenvalue weighted by atomic mass is 16.5. The van der Waals surface area contributed by atoms with E-state index in [0.29, 0.717) is 5.92 Å². The molecule has 0 aromatic heterocycles. The van der Waals surface area contributed by atoms with Crippen LogP contribution in [0.4, 0.5) is 0 Å². The van der Waals surface area contributed by atoms with Crippen LogP contribution in [0.15, 0.2) is 0 Å². The molecule has 0 aromatic rings. The Morgan fingerprint density at radius 3 is 1.86 bits per heavy atom. The van der Waals surface area contributed by atoms with E-state index in [1.165, 1.54) is 12.8 Å². The molecule has 0 N–H and O–H groups in total. The van der Waals surface area contributed by atoms with Gasteiger partial charge in [-0.15, -0.1) is 0 Å². The topological polar surface area (TPSA) is 9.23 Å². The summed E-state index contributed by atoms with van der Waals surface area (Å²) in [5.74, 6) is 2.24. The van der Waals surface area contributed by atoms with Crippen LogP contribution in [0, 0.1) is 17.8 Å². The molecule has 0 saturated carbocycles. The molecule has 0 saturated heterocycles. The average Bonchev–Trinajstić information content (AvgIpc) is 2.02. The standard InChI is InChI=1S/C13H28O/c1-10(2)8-11(3)9-12(4)13(5,6)14-7/h10-12H,8-9H2,1-7H3/t11-,12-/m0/s1. The summed E-state index contributed by atoms with van der Waals surface area (Å²) in [7, 11) is 1.81. The molecule has 0 unspecified atom stereocenters. The van der Waals surface area contributed by atoms with Crippen molar-refractivity contribution in [3.05, 3.63) is 0 Å². The molecule has 0 radical (unpaired) electrons. The van der Waals surface area contributed by atoms with E-state index in [2.05, 4.69) is 41.5 Å². The fraction of sp³-hybridized carbons (Fsp3) is 1.00. The molecule has 2 atom stereocenters. The first kappa shape index (κ1) is 14.0. The Morgan fingerprint density at radius 2 is 1.50 bits per heavy atom. The molecule has 1 heteroatoms. The molecule has 0 heterocycles. The van der Waals surface area contributed by atoms with Crippen molar-refractivity contribution in [1.29, 1.82) is 0 Å². The third kappa shape index (κ3) is 4.99. The van der Waals surface area contributed by atoms with Crippen molar-refractivity contribution in [3.63, 3.8) is 0 Å². The molecule has 0 aliphatic heterocycles. The summed E-state index contributed by atoms with van der Waals surface area (Å²) in [6.45, 7) is 13.6. The van der Waals surface area contributed by atoms with Crippen LogP contribution in [0.5, 0.6) is 0 Å². The molecular weight excluding hydrogens is 172 g/mol. The lowest BCUT2D eigenvalue weighted by molar-refractivity contribution is -0.0294. The molecule has 0 bridgehead atoms. The van der Waals surface area contributed by atoms with E-state index in [1.807, 2.05) is 7.11 Å². The van der Waals surface area contributed by atoms with Crippen LogP contribution < -0.4 is 0 Å². The van der Waals surface area contributed by atoms with Crippen molar-refractivity contribution in [3.8, 4) is 0 Å². The Bertz CT molecular complexity index is 149. The van der Waals surface area contributed by atoms with Gasteiger partial charge in [0.25, 0.3) is 0 Å². The smallest absolute Gasteiger partial charge is 0.0648 e. The average molecular weight is 200 g/mol. The second-order valence-electron chi connectivity index (χ2n) is 5.68. The highest BCUT2D eigenvalue weighted by molar-refractivity contribution is 4.77. The Balaban J connectivity index is 3.99. The van der Waals surface area contributed by atoms with Crippen molar-refractivity contribution in [2.45, 2.75) is 60.0 Å². The molecule has 0 aliphatic rings. The quantitative estimate of drug-likeness (QED) is 0.626. The van der Waals surface area contributed by atoms with E-state index >= 15 is 0 Å². The molecular formula is C13H28O. The number of rotatable bonds is 6. The maximum absolute atomic E-state index is 5.51. The molecule has 0 aromatic carbocycles. The predicted molar refractivity (Wildman–Crippen MR) is 63.5 cm³/mol. The van der Waals surface area contributed by atoms with Gasteiger partial charge in [-0.3, -0.25) is 0 Å². The summed E-state index contributed by atoms with van der Waals surface area (Å²) >= 11 is 0. The van der Waals surface area contributed by atoms with Gasteiger partial charge < -0.3 is 4.74 Å². The van der Waals surface area contributed by atoms with Gasteiger partial charge in [-0.25, -0.2) is 0 Å². The van der Waals surface area contributed by atoms with Crippen molar-refractivity contribution in [2.75, 3.05) is 7.11 Å². The molecule has 0 spiro atoms. The van der Waals surface area contributed by atoms with Gasteiger partial charge in [-0.2, -0.15) is 0 Å². The maximum atomic E-state index is 5.51. The Kier molecular flexibility index (Phi) is 5.73. The maximum Gasteiger partial charge on any atom is 0.0648 e. The van der Waals surface area contributed by atoms with Gasteiger partial charge in [0.2, 0.25) is 0 Å². The monoisotopic (exact) mass is 200 g/mol. The first-order valence-electron chi connectivity index (χ1n) is 5.84. The van der Waals surface area contributed by atoms with Crippen LogP contribution in [0.2, 0.25) is 0 Å². The largest absolute Gasteiger partial charge is 0.379 e. The first-order valence-corrected chi connectivity index (χ1v) is 5.84.